The molecule has 0 aromatic rings. The topological polar surface area (TPSA) is 58.4 Å². The van der Waals surface area contributed by atoms with E-state index in [0.717, 1.165) is 26.1 Å². The van der Waals surface area contributed by atoms with E-state index in [-0.39, 0.29) is 5.91 Å². The van der Waals surface area contributed by atoms with Gasteiger partial charge in [-0.25, -0.2) is 0 Å². The highest BCUT2D eigenvalue weighted by molar-refractivity contribution is 5.84. The van der Waals surface area contributed by atoms with Crippen molar-refractivity contribution < 1.29 is 4.79 Å². The average Bonchev–Trinajstić information content (AvgIpc) is 3.15. The molecule has 1 saturated heterocycles. The molecule has 4 nitrogen and oxygen atoms in total. The zero-order chi connectivity index (χ0) is 14.8. The Balaban J connectivity index is 1.84. The van der Waals surface area contributed by atoms with Crippen LogP contribution in [0.2, 0.25) is 0 Å². The van der Waals surface area contributed by atoms with Crippen molar-refractivity contribution in [2.45, 2.75) is 70.9 Å². The number of hydrogen-bond acceptors (Lipinski definition) is 3. The minimum atomic E-state index is -0.539. The van der Waals surface area contributed by atoms with Crippen molar-refractivity contribution in [2.75, 3.05) is 19.6 Å². The number of carbonyl (C=O) groups excluding carboxylic acids is 1. The van der Waals surface area contributed by atoms with Gasteiger partial charge in [0, 0.05) is 12.6 Å². The number of hydrogen-bond donors (Lipinski definition) is 2. The molecule has 1 aliphatic carbocycles. The van der Waals surface area contributed by atoms with Crippen LogP contribution < -0.4 is 11.1 Å². The summed E-state index contributed by atoms with van der Waals surface area (Å²) in [4.78, 5) is 14.3. The minimum Gasteiger partial charge on any atom is -0.368 e. The molecule has 2 aliphatic rings. The molecule has 1 heterocycles. The van der Waals surface area contributed by atoms with Crippen LogP contribution in [0.3, 0.4) is 0 Å². The maximum absolute atomic E-state index is 11.8. The van der Waals surface area contributed by atoms with Gasteiger partial charge in [0.15, 0.2) is 0 Å². The van der Waals surface area contributed by atoms with Crippen LogP contribution in [0, 0.1) is 5.41 Å². The fourth-order valence-corrected chi connectivity index (χ4v) is 3.03. The van der Waals surface area contributed by atoms with Crippen LogP contribution in [-0.4, -0.2) is 42.0 Å². The molecule has 1 saturated carbocycles. The normalized spacial score (nSPS) is 26.8. The number of nitrogens with one attached hydrogen (secondary N) is 1. The van der Waals surface area contributed by atoms with Gasteiger partial charge in [0.2, 0.25) is 5.91 Å². The Bertz CT molecular complexity index is 352. The Morgan fingerprint density at radius 3 is 2.65 bits per heavy atom. The highest BCUT2D eigenvalue weighted by atomic mass is 16.1. The molecule has 1 atom stereocenters. The molecule has 20 heavy (non-hydrogen) atoms. The lowest BCUT2D eigenvalue weighted by Crippen LogP contribution is -2.55. The number of amides is 1. The fourth-order valence-electron chi connectivity index (χ4n) is 3.03. The van der Waals surface area contributed by atoms with Gasteiger partial charge in [-0.1, -0.05) is 13.8 Å². The van der Waals surface area contributed by atoms with Crippen molar-refractivity contribution >= 4 is 5.91 Å². The number of likely N-dealkylation sites (tertiary alicyclic amines) is 1. The Kier molecular flexibility index (Phi) is 4.75. The highest BCUT2D eigenvalue weighted by Crippen LogP contribution is 2.30. The summed E-state index contributed by atoms with van der Waals surface area (Å²) < 4.78 is 0. The first-order chi connectivity index (χ1) is 9.31. The lowest BCUT2D eigenvalue weighted by atomic mass is 9.85. The second-order valence-corrected chi connectivity index (χ2v) is 7.72. The van der Waals surface area contributed by atoms with Crippen molar-refractivity contribution in [2.24, 2.45) is 11.1 Å². The van der Waals surface area contributed by atoms with E-state index in [1.807, 2.05) is 6.92 Å². The number of rotatable bonds is 6. The van der Waals surface area contributed by atoms with Crippen molar-refractivity contribution in [3.63, 3.8) is 0 Å². The lowest BCUT2D eigenvalue weighted by molar-refractivity contribution is -0.124. The van der Waals surface area contributed by atoms with E-state index in [0.29, 0.717) is 11.5 Å². The van der Waals surface area contributed by atoms with Crippen LogP contribution in [-0.2, 0) is 4.79 Å². The molecular formula is C16H31N3O. The summed E-state index contributed by atoms with van der Waals surface area (Å²) in [7, 11) is 0. The average molecular weight is 281 g/mol. The zero-order valence-electron chi connectivity index (χ0n) is 13.4. The molecule has 116 valence electrons. The van der Waals surface area contributed by atoms with Crippen LogP contribution in [0.15, 0.2) is 0 Å². The highest BCUT2D eigenvalue weighted by Gasteiger charge is 2.37. The van der Waals surface area contributed by atoms with Gasteiger partial charge in [-0.15, -0.1) is 0 Å². The van der Waals surface area contributed by atoms with E-state index in [4.69, 9.17) is 5.73 Å². The van der Waals surface area contributed by atoms with E-state index in [2.05, 4.69) is 24.1 Å². The lowest BCUT2D eigenvalue weighted by Gasteiger charge is -2.31. The molecule has 0 bridgehead atoms. The smallest absolute Gasteiger partial charge is 0.237 e. The van der Waals surface area contributed by atoms with Crippen molar-refractivity contribution in [1.82, 2.24) is 10.2 Å². The van der Waals surface area contributed by atoms with Gasteiger partial charge in [-0.2, -0.15) is 0 Å². The summed E-state index contributed by atoms with van der Waals surface area (Å²) in [6, 6.07) is 0.510. The largest absolute Gasteiger partial charge is 0.368 e. The zero-order valence-corrected chi connectivity index (χ0v) is 13.4. The Hall–Kier alpha value is -0.610. The van der Waals surface area contributed by atoms with E-state index in [9.17, 15) is 4.79 Å². The van der Waals surface area contributed by atoms with Crippen molar-refractivity contribution in [3.05, 3.63) is 0 Å². The van der Waals surface area contributed by atoms with E-state index in [1.165, 1.54) is 32.1 Å². The third kappa shape index (κ3) is 4.45. The van der Waals surface area contributed by atoms with Crippen LogP contribution in [0.4, 0.5) is 0 Å². The van der Waals surface area contributed by atoms with Gasteiger partial charge in [0.05, 0.1) is 5.54 Å². The molecule has 0 spiro atoms. The molecule has 0 aromatic heterocycles. The molecular weight excluding hydrogens is 250 g/mol. The van der Waals surface area contributed by atoms with E-state index < -0.39 is 5.54 Å². The van der Waals surface area contributed by atoms with Gasteiger partial charge in [0.25, 0.3) is 0 Å². The van der Waals surface area contributed by atoms with Crippen LogP contribution in [0.25, 0.3) is 0 Å². The molecule has 3 N–H and O–H groups in total. The van der Waals surface area contributed by atoms with Crippen molar-refractivity contribution in [3.8, 4) is 0 Å². The summed E-state index contributed by atoms with van der Waals surface area (Å²) >= 11 is 0. The molecule has 0 radical (unpaired) electrons. The number of nitrogens with zero attached hydrogens (tertiary/aromatic N) is 1. The summed E-state index contributed by atoms with van der Waals surface area (Å²) in [5.41, 5.74) is 5.54. The monoisotopic (exact) mass is 281 g/mol. The molecule has 1 aliphatic heterocycles. The van der Waals surface area contributed by atoms with Crippen LogP contribution >= 0.6 is 0 Å². The Labute approximate surface area is 123 Å². The summed E-state index contributed by atoms with van der Waals surface area (Å²) in [6.45, 7) is 9.95. The van der Waals surface area contributed by atoms with E-state index >= 15 is 0 Å². The van der Waals surface area contributed by atoms with Gasteiger partial charge in [-0.3, -0.25) is 4.79 Å². The first-order valence-electron chi connectivity index (χ1n) is 8.11. The second kappa shape index (κ2) is 6.02. The van der Waals surface area contributed by atoms with E-state index in [1.54, 1.807) is 0 Å². The predicted octanol–water partition coefficient (Wildman–Crippen LogP) is 1.88. The minimum absolute atomic E-state index is 0.209. The first-order valence-corrected chi connectivity index (χ1v) is 8.11. The number of primary amides is 1. The predicted molar refractivity (Wildman–Crippen MR) is 82.4 cm³/mol. The SMILES string of the molecule is CC1(C)CCCN(CCC(C)(NC2CC2)C(N)=O)CC1. The van der Waals surface area contributed by atoms with Crippen LogP contribution in [0.5, 0.6) is 0 Å². The maximum Gasteiger partial charge on any atom is 0.237 e. The maximum atomic E-state index is 11.8. The standard InChI is InChI=1S/C16H31N3O/c1-15(2)7-4-10-19(11-8-15)12-9-16(3,14(17)20)18-13-5-6-13/h13,18H,4-12H2,1-3H3,(H2,17,20). The third-order valence-electron chi connectivity index (χ3n) is 5.00. The third-order valence-corrected chi connectivity index (χ3v) is 5.00. The number of carbonyl (C=O) groups is 1. The molecule has 2 fully saturated rings. The molecule has 1 amide bonds. The summed E-state index contributed by atoms with van der Waals surface area (Å²) in [5, 5.41) is 3.44. The van der Waals surface area contributed by atoms with Crippen LogP contribution in [0.1, 0.15) is 59.3 Å². The number of nitrogens with two attached hydrogens (primary N) is 1. The van der Waals surface area contributed by atoms with Gasteiger partial charge in [0.1, 0.15) is 0 Å². The van der Waals surface area contributed by atoms with Gasteiger partial charge < -0.3 is 16.0 Å². The first kappa shape index (κ1) is 15.8. The summed E-state index contributed by atoms with van der Waals surface area (Å²) in [6.07, 6.45) is 6.99. The molecule has 0 aromatic carbocycles. The Morgan fingerprint density at radius 1 is 1.35 bits per heavy atom. The fraction of sp³-hybridized carbons (Fsp3) is 0.938. The quantitative estimate of drug-likeness (QED) is 0.781. The van der Waals surface area contributed by atoms with Gasteiger partial charge >= 0.3 is 0 Å². The summed E-state index contributed by atoms with van der Waals surface area (Å²) in [5.74, 6) is -0.209. The van der Waals surface area contributed by atoms with Crippen molar-refractivity contribution in [1.29, 1.82) is 0 Å². The van der Waals surface area contributed by atoms with Gasteiger partial charge in [-0.05, 0) is 64.0 Å². The molecule has 2 rings (SSSR count). The Morgan fingerprint density at radius 2 is 2.05 bits per heavy atom. The molecule has 4 heteroatoms. The second-order valence-electron chi connectivity index (χ2n) is 7.72. The molecule has 1 unspecified atom stereocenters.